The van der Waals surface area contributed by atoms with Crippen molar-refractivity contribution in [3.05, 3.63) is 35.9 Å². The molecule has 0 aromatic heterocycles. The number of ether oxygens (including phenoxy) is 1. The molecule has 0 spiro atoms. The lowest BCUT2D eigenvalue weighted by atomic mass is 10.0. The first kappa shape index (κ1) is 14.7. The maximum absolute atomic E-state index is 11.7. The van der Waals surface area contributed by atoms with Gasteiger partial charge in [0.1, 0.15) is 0 Å². The molecule has 4 nitrogen and oxygen atoms in total. The van der Waals surface area contributed by atoms with E-state index in [1.165, 1.54) is 5.56 Å². The highest BCUT2D eigenvalue weighted by atomic mass is 16.5. The molecule has 4 heteroatoms. The van der Waals surface area contributed by atoms with Gasteiger partial charge in [0.15, 0.2) is 0 Å². The maximum Gasteiger partial charge on any atom is 0.237 e. The first-order valence-electron chi connectivity index (χ1n) is 6.22. The molecule has 2 unspecified atom stereocenters. The number of methoxy groups -OCH3 is 1. The van der Waals surface area contributed by atoms with E-state index in [1.807, 2.05) is 18.2 Å². The first-order chi connectivity index (χ1) is 8.65. The number of nitrogens with two attached hydrogens (primary N) is 1. The van der Waals surface area contributed by atoms with Gasteiger partial charge in [0.2, 0.25) is 5.91 Å². The Hall–Kier alpha value is -1.39. The number of rotatable bonds is 7. The molecule has 1 amide bonds. The lowest BCUT2D eigenvalue weighted by molar-refractivity contribution is -0.122. The molecule has 0 aliphatic heterocycles. The zero-order valence-electron chi connectivity index (χ0n) is 11.1. The SMILES string of the molecule is COCCC(N)C(=O)NCC(C)c1ccccc1. The third-order valence-corrected chi connectivity index (χ3v) is 2.92. The van der Waals surface area contributed by atoms with Crippen LogP contribution in [0.25, 0.3) is 0 Å². The van der Waals surface area contributed by atoms with Crippen LogP contribution in [0.2, 0.25) is 0 Å². The van der Waals surface area contributed by atoms with Crippen LogP contribution in [0.3, 0.4) is 0 Å². The highest BCUT2D eigenvalue weighted by Crippen LogP contribution is 2.12. The molecule has 100 valence electrons. The zero-order valence-corrected chi connectivity index (χ0v) is 11.1. The summed E-state index contributed by atoms with van der Waals surface area (Å²) in [5.74, 6) is 0.166. The van der Waals surface area contributed by atoms with Crippen LogP contribution in [-0.2, 0) is 9.53 Å². The number of benzene rings is 1. The van der Waals surface area contributed by atoms with Crippen LogP contribution in [0.5, 0.6) is 0 Å². The summed E-state index contributed by atoms with van der Waals surface area (Å²) in [6.45, 7) is 3.18. The van der Waals surface area contributed by atoms with E-state index in [0.29, 0.717) is 19.6 Å². The lowest BCUT2D eigenvalue weighted by Gasteiger charge is -2.16. The summed E-state index contributed by atoms with van der Waals surface area (Å²) in [7, 11) is 1.60. The standard InChI is InChI=1S/C14H22N2O2/c1-11(12-6-4-3-5-7-12)10-16-14(17)13(15)8-9-18-2/h3-7,11,13H,8-10,15H2,1-2H3,(H,16,17). The predicted molar refractivity (Wildman–Crippen MR) is 72.3 cm³/mol. The number of hydrogen-bond acceptors (Lipinski definition) is 3. The largest absolute Gasteiger partial charge is 0.385 e. The zero-order chi connectivity index (χ0) is 13.4. The summed E-state index contributed by atoms with van der Waals surface area (Å²) in [5, 5.41) is 2.87. The number of hydrogen-bond donors (Lipinski definition) is 2. The summed E-state index contributed by atoms with van der Waals surface area (Å²) in [4.78, 5) is 11.7. The Labute approximate surface area is 109 Å². The van der Waals surface area contributed by atoms with E-state index in [9.17, 15) is 4.79 Å². The van der Waals surface area contributed by atoms with E-state index in [2.05, 4.69) is 24.4 Å². The van der Waals surface area contributed by atoms with Crippen LogP contribution in [0.1, 0.15) is 24.8 Å². The van der Waals surface area contributed by atoms with Gasteiger partial charge in [0.05, 0.1) is 6.04 Å². The number of amides is 1. The van der Waals surface area contributed by atoms with Crippen LogP contribution in [0.15, 0.2) is 30.3 Å². The van der Waals surface area contributed by atoms with Crippen molar-refractivity contribution in [2.24, 2.45) is 5.73 Å². The highest BCUT2D eigenvalue weighted by molar-refractivity contribution is 5.81. The van der Waals surface area contributed by atoms with Crippen molar-refractivity contribution in [2.75, 3.05) is 20.3 Å². The number of carbonyl (C=O) groups is 1. The summed E-state index contributed by atoms with van der Waals surface area (Å²) in [5.41, 5.74) is 6.95. The molecular weight excluding hydrogens is 228 g/mol. The van der Waals surface area contributed by atoms with Crippen molar-refractivity contribution in [3.63, 3.8) is 0 Å². The molecule has 0 saturated heterocycles. The van der Waals surface area contributed by atoms with E-state index in [1.54, 1.807) is 7.11 Å². The van der Waals surface area contributed by atoms with Gasteiger partial charge in [-0.2, -0.15) is 0 Å². The Morgan fingerprint density at radius 3 is 2.67 bits per heavy atom. The van der Waals surface area contributed by atoms with Crippen molar-refractivity contribution in [1.29, 1.82) is 0 Å². The Morgan fingerprint density at radius 2 is 2.06 bits per heavy atom. The molecule has 0 bridgehead atoms. The molecule has 0 heterocycles. The summed E-state index contributed by atoms with van der Waals surface area (Å²) in [6, 6.07) is 9.60. The van der Waals surface area contributed by atoms with Crippen molar-refractivity contribution in [1.82, 2.24) is 5.32 Å². The Bertz CT molecular complexity index is 354. The van der Waals surface area contributed by atoms with Crippen LogP contribution in [-0.4, -0.2) is 32.2 Å². The average Bonchev–Trinajstić information content (AvgIpc) is 2.42. The summed E-state index contributed by atoms with van der Waals surface area (Å²) in [6.07, 6.45) is 0.544. The fourth-order valence-electron chi connectivity index (χ4n) is 1.66. The predicted octanol–water partition coefficient (Wildman–Crippen LogP) is 1.27. The van der Waals surface area contributed by atoms with Gasteiger partial charge < -0.3 is 15.8 Å². The summed E-state index contributed by atoms with van der Waals surface area (Å²) >= 11 is 0. The van der Waals surface area contributed by atoms with E-state index >= 15 is 0 Å². The maximum atomic E-state index is 11.7. The second kappa shape index (κ2) is 7.84. The van der Waals surface area contributed by atoms with Crippen molar-refractivity contribution < 1.29 is 9.53 Å². The van der Waals surface area contributed by atoms with E-state index in [-0.39, 0.29) is 11.8 Å². The van der Waals surface area contributed by atoms with Crippen molar-refractivity contribution in [2.45, 2.75) is 25.3 Å². The van der Waals surface area contributed by atoms with Crippen molar-refractivity contribution in [3.8, 4) is 0 Å². The van der Waals surface area contributed by atoms with Gasteiger partial charge in [-0.1, -0.05) is 37.3 Å². The second-order valence-electron chi connectivity index (χ2n) is 4.44. The topological polar surface area (TPSA) is 64.3 Å². The molecule has 1 aromatic carbocycles. The van der Waals surface area contributed by atoms with Crippen LogP contribution in [0.4, 0.5) is 0 Å². The molecule has 0 fully saturated rings. The van der Waals surface area contributed by atoms with Gasteiger partial charge in [-0.15, -0.1) is 0 Å². The molecular formula is C14H22N2O2. The lowest BCUT2D eigenvalue weighted by Crippen LogP contribution is -2.42. The molecule has 0 aliphatic rings. The van der Waals surface area contributed by atoms with Gasteiger partial charge in [-0.3, -0.25) is 4.79 Å². The minimum absolute atomic E-state index is 0.116. The minimum atomic E-state index is -0.493. The molecule has 18 heavy (non-hydrogen) atoms. The first-order valence-corrected chi connectivity index (χ1v) is 6.22. The van der Waals surface area contributed by atoms with Crippen LogP contribution in [0, 0.1) is 0 Å². The Balaban J connectivity index is 2.34. The number of nitrogens with one attached hydrogen (secondary N) is 1. The Morgan fingerprint density at radius 1 is 1.39 bits per heavy atom. The fraction of sp³-hybridized carbons (Fsp3) is 0.500. The van der Waals surface area contributed by atoms with Gasteiger partial charge in [0.25, 0.3) is 0 Å². The molecule has 1 aromatic rings. The highest BCUT2D eigenvalue weighted by Gasteiger charge is 2.14. The third-order valence-electron chi connectivity index (χ3n) is 2.92. The smallest absolute Gasteiger partial charge is 0.237 e. The van der Waals surface area contributed by atoms with Gasteiger partial charge in [-0.25, -0.2) is 0 Å². The van der Waals surface area contributed by atoms with Gasteiger partial charge in [0, 0.05) is 20.3 Å². The van der Waals surface area contributed by atoms with Crippen molar-refractivity contribution >= 4 is 5.91 Å². The molecule has 2 atom stereocenters. The Kier molecular flexibility index (Phi) is 6.39. The molecule has 1 rings (SSSR count). The van der Waals surface area contributed by atoms with Gasteiger partial charge in [-0.05, 0) is 17.9 Å². The normalized spacial score (nSPS) is 13.9. The van der Waals surface area contributed by atoms with E-state index < -0.39 is 6.04 Å². The molecule has 3 N–H and O–H groups in total. The third kappa shape index (κ3) is 4.85. The average molecular weight is 250 g/mol. The quantitative estimate of drug-likeness (QED) is 0.766. The second-order valence-corrected chi connectivity index (χ2v) is 4.44. The molecule has 0 radical (unpaired) electrons. The monoisotopic (exact) mass is 250 g/mol. The van der Waals surface area contributed by atoms with Crippen LogP contribution >= 0.6 is 0 Å². The van der Waals surface area contributed by atoms with Gasteiger partial charge >= 0.3 is 0 Å². The molecule has 0 aliphatic carbocycles. The summed E-state index contributed by atoms with van der Waals surface area (Å²) < 4.78 is 4.90. The fourth-order valence-corrected chi connectivity index (χ4v) is 1.66. The number of carbonyl (C=O) groups excluding carboxylic acids is 1. The minimum Gasteiger partial charge on any atom is -0.385 e. The van der Waals surface area contributed by atoms with E-state index in [0.717, 1.165) is 0 Å². The molecule has 0 saturated carbocycles. The van der Waals surface area contributed by atoms with E-state index in [4.69, 9.17) is 10.5 Å². The van der Waals surface area contributed by atoms with Crippen LogP contribution < -0.4 is 11.1 Å².